The fourth-order valence-corrected chi connectivity index (χ4v) is 2.04. The van der Waals surface area contributed by atoms with Crippen LogP contribution >= 0.6 is 11.3 Å². The molecule has 0 amide bonds. The summed E-state index contributed by atoms with van der Waals surface area (Å²) in [5.41, 5.74) is 2.98. The summed E-state index contributed by atoms with van der Waals surface area (Å²) in [6, 6.07) is 0.458. The van der Waals surface area contributed by atoms with Gasteiger partial charge >= 0.3 is 0 Å². The summed E-state index contributed by atoms with van der Waals surface area (Å²) >= 11 is 1.68. The molecule has 1 aromatic rings. The van der Waals surface area contributed by atoms with E-state index in [1.807, 2.05) is 12.4 Å². The summed E-state index contributed by atoms with van der Waals surface area (Å²) in [4.78, 5) is 9.79. The minimum atomic E-state index is 0.458. The zero-order valence-corrected chi connectivity index (χ0v) is 9.19. The SMILES string of the molecule is Cc1ncsc1CNC1=NCC(C)N1. The Balaban J connectivity index is 1.86. The average Bonchev–Trinajstić information content (AvgIpc) is 2.72. The zero-order chi connectivity index (χ0) is 9.97. The third-order valence-electron chi connectivity index (χ3n) is 2.17. The monoisotopic (exact) mass is 210 g/mol. The highest BCUT2D eigenvalue weighted by atomic mass is 32.1. The number of hydrogen-bond acceptors (Lipinski definition) is 5. The van der Waals surface area contributed by atoms with Crippen molar-refractivity contribution in [3.8, 4) is 0 Å². The molecule has 0 fully saturated rings. The molecule has 4 nitrogen and oxygen atoms in total. The van der Waals surface area contributed by atoms with Crippen molar-refractivity contribution in [2.24, 2.45) is 4.99 Å². The van der Waals surface area contributed by atoms with E-state index < -0.39 is 0 Å². The molecule has 2 rings (SSSR count). The van der Waals surface area contributed by atoms with E-state index in [4.69, 9.17) is 0 Å². The molecule has 1 atom stereocenters. The second-order valence-corrected chi connectivity index (χ2v) is 4.39. The van der Waals surface area contributed by atoms with Crippen LogP contribution in [0.3, 0.4) is 0 Å². The van der Waals surface area contributed by atoms with Gasteiger partial charge in [0.1, 0.15) is 0 Å². The number of aromatic nitrogens is 1. The van der Waals surface area contributed by atoms with Crippen LogP contribution < -0.4 is 10.6 Å². The molecule has 5 heteroatoms. The topological polar surface area (TPSA) is 49.3 Å². The van der Waals surface area contributed by atoms with Gasteiger partial charge in [-0.3, -0.25) is 4.99 Å². The Labute approximate surface area is 87.5 Å². The molecule has 0 spiro atoms. The molecule has 2 N–H and O–H groups in total. The standard InChI is InChI=1S/C9H14N4S/c1-6-3-10-9(13-6)11-4-8-7(2)12-5-14-8/h5-6H,3-4H2,1-2H3,(H2,10,11,13). The number of thiazole rings is 1. The van der Waals surface area contributed by atoms with Crippen LogP contribution in [0, 0.1) is 6.92 Å². The maximum absolute atomic E-state index is 4.32. The van der Waals surface area contributed by atoms with Gasteiger partial charge in [-0.15, -0.1) is 11.3 Å². The first kappa shape index (κ1) is 9.45. The Hall–Kier alpha value is -1.10. The van der Waals surface area contributed by atoms with Crippen LogP contribution in [-0.2, 0) is 6.54 Å². The van der Waals surface area contributed by atoms with Crippen LogP contribution in [0.5, 0.6) is 0 Å². The summed E-state index contributed by atoms with van der Waals surface area (Å²) in [5, 5.41) is 6.52. The predicted octanol–water partition coefficient (Wildman–Crippen LogP) is 0.889. The fourth-order valence-electron chi connectivity index (χ4n) is 1.32. The van der Waals surface area contributed by atoms with Crippen molar-refractivity contribution in [1.82, 2.24) is 15.6 Å². The Morgan fingerprint density at radius 1 is 1.71 bits per heavy atom. The minimum Gasteiger partial charge on any atom is -0.352 e. The quantitative estimate of drug-likeness (QED) is 0.762. The van der Waals surface area contributed by atoms with E-state index in [1.54, 1.807) is 11.3 Å². The number of rotatable bonds is 2. The van der Waals surface area contributed by atoms with E-state index in [9.17, 15) is 0 Å². The molecule has 0 radical (unpaired) electrons. The van der Waals surface area contributed by atoms with Gasteiger partial charge in [0.15, 0.2) is 5.96 Å². The van der Waals surface area contributed by atoms with E-state index in [2.05, 4.69) is 27.5 Å². The number of aryl methyl sites for hydroxylation is 1. The van der Waals surface area contributed by atoms with Crippen molar-refractivity contribution in [3.63, 3.8) is 0 Å². The molecule has 0 saturated carbocycles. The lowest BCUT2D eigenvalue weighted by Gasteiger charge is -2.07. The Bertz CT molecular complexity index is 344. The molecular formula is C9H14N4S. The smallest absolute Gasteiger partial charge is 0.191 e. The summed E-state index contributed by atoms with van der Waals surface area (Å²) in [6.45, 7) is 5.83. The van der Waals surface area contributed by atoms with Crippen LogP contribution in [0.4, 0.5) is 0 Å². The maximum Gasteiger partial charge on any atom is 0.191 e. The first-order valence-electron chi connectivity index (χ1n) is 4.69. The zero-order valence-electron chi connectivity index (χ0n) is 8.37. The lowest BCUT2D eigenvalue weighted by molar-refractivity contribution is 0.713. The first-order valence-corrected chi connectivity index (χ1v) is 5.57. The molecule has 1 aromatic heterocycles. The third kappa shape index (κ3) is 2.04. The fraction of sp³-hybridized carbons (Fsp3) is 0.556. The van der Waals surface area contributed by atoms with Gasteiger partial charge in [0.05, 0.1) is 24.3 Å². The van der Waals surface area contributed by atoms with Crippen molar-refractivity contribution < 1.29 is 0 Å². The van der Waals surface area contributed by atoms with Gasteiger partial charge in [-0.1, -0.05) is 0 Å². The molecule has 76 valence electrons. The highest BCUT2D eigenvalue weighted by Crippen LogP contribution is 2.11. The molecule has 14 heavy (non-hydrogen) atoms. The van der Waals surface area contributed by atoms with Gasteiger partial charge in [0, 0.05) is 10.9 Å². The van der Waals surface area contributed by atoms with Crippen molar-refractivity contribution in [1.29, 1.82) is 0 Å². The Kier molecular flexibility index (Phi) is 2.67. The summed E-state index contributed by atoms with van der Waals surface area (Å²) < 4.78 is 0. The van der Waals surface area contributed by atoms with Gasteiger partial charge in [-0.25, -0.2) is 4.98 Å². The number of aliphatic imine (C=N–C) groups is 1. The predicted molar refractivity (Wildman–Crippen MR) is 58.6 cm³/mol. The van der Waals surface area contributed by atoms with Crippen LogP contribution in [0.1, 0.15) is 17.5 Å². The second-order valence-electron chi connectivity index (χ2n) is 3.45. The number of hydrogen-bond donors (Lipinski definition) is 2. The minimum absolute atomic E-state index is 0.458. The molecule has 1 aliphatic rings. The van der Waals surface area contributed by atoms with Crippen molar-refractivity contribution >= 4 is 17.3 Å². The molecule has 0 aliphatic carbocycles. The van der Waals surface area contributed by atoms with Crippen molar-refractivity contribution in [2.75, 3.05) is 6.54 Å². The van der Waals surface area contributed by atoms with Gasteiger partial charge in [0.2, 0.25) is 0 Å². The summed E-state index contributed by atoms with van der Waals surface area (Å²) in [6.07, 6.45) is 0. The highest BCUT2D eigenvalue weighted by molar-refractivity contribution is 7.09. The molecule has 1 aliphatic heterocycles. The normalized spacial score (nSPS) is 20.4. The average molecular weight is 210 g/mol. The van der Waals surface area contributed by atoms with Crippen LogP contribution in [0.15, 0.2) is 10.5 Å². The van der Waals surface area contributed by atoms with E-state index in [1.165, 1.54) is 4.88 Å². The number of guanidine groups is 1. The molecular weight excluding hydrogens is 196 g/mol. The van der Waals surface area contributed by atoms with E-state index in [-0.39, 0.29) is 0 Å². The largest absolute Gasteiger partial charge is 0.352 e. The Morgan fingerprint density at radius 2 is 2.57 bits per heavy atom. The van der Waals surface area contributed by atoms with E-state index in [0.717, 1.165) is 24.7 Å². The molecule has 0 saturated heterocycles. The molecule has 0 bridgehead atoms. The van der Waals surface area contributed by atoms with Crippen molar-refractivity contribution in [3.05, 3.63) is 16.1 Å². The molecule has 2 heterocycles. The lowest BCUT2D eigenvalue weighted by Crippen LogP contribution is -2.37. The van der Waals surface area contributed by atoms with Gasteiger partial charge in [-0.2, -0.15) is 0 Å². The van der Waals surface area contributed by atoms with Gasteiger partial charge < -0.3 is 10.6 Å². The Morgan fingerprint density at radius 3 is 3.14 bits per heavy atom. The summed E-state index contributed by atoms with van der Waals surface area (Å²) in [5.74, 6) is 0.908. The highest BCUT2D eigenvalue weighted by Gasteiger charge is 2.12. The summed E-state index contributed by atoms with van der Waals surface area (Å²) in [7, 11) is 0. The lowest BCUT2D eigenvalue weighted by atomic mass is 10.4. The van der Waals surface area contributed by atoms with E-state index in [0.29, 0.717) is 6.04 Å². The first-order chi connectivity index (χ1) is 6.75. The van der Waals surface area contributed by atoms with Gasteiger partial charge in [-0.05, 0) is 13.8 Å². The van der Waals surface area contributed by atoms with E-state index >= 15 is 0 Å². The van der Waals surface area contributed by atoms with Crippen LogP contribution in [0.2, 0.25) is 0 Å². The maximum atomic E-state index is 4.32. The molecule has 0 aromatic carbocycles. The van der Waals surface area contributed by atoms with Crippen LogP contribution in [0.25, 0.3) is 0 Å². The second kappa shape index (κ2) is 3.96. The molecule has 1 unspecified atom stereocenters. The van der Waals surface area contributed by atoms with Gasteiger partial charge in [0.25, 0.3) is 0 Å². The third-order valence-corrected chi connectivity index (χ3v) is 3.10. The van der Waals surface area contributed by atoms with Crippen LogP contribution in [-0.4, -0.2) is 23.5 Å². The number of nitrogens with zero attached hydrogens (tertiary/aromatic N) is 2. The van der Waals surface area contributed by atoms with Crippen molar-refractivity contribution in [2.45, 2.75) is 26.4 Å². The number of nitrogens with one attached hydrogen (secondary N) is 2.